The molecule has 0 saturated carbocycles. The van der Waals surface area contributed by atoms with E-state index in [4.69, 9.17) is 25.6 Å². The van der Waals surface area contributed by atoms with Crippen molar-refractivity contribution < 1.29 is 41.9 Å². The van der Waals surface area contributed by atoms with E-state index in [1.807, 2.05) is 0 Å². The number of hydrogen-bond acceptors (Lipinski definition) is 8. The molecule has 1 saturated heterocycles. The van der Waals surface area contributed by atoms with Gasteiger partial charge in [0.05, 0.1) is 22.5 Å². The Labute approximate surface area is 166 Å². The first-order chi connectivity index (χ1) is 12.6. The van der Waals surface area contributed by atoms with Crippen LogP contribution in [0.2, 0.25) is 5.02 Å². The van der Waals surface area contributed by atoms with Gasteiger partial charge in [0.25, 0.3) is 0 Å². The Morgan fingerprint density at radius 2 is 1.93 bits per heavy atom. The van der Waals surface area contributed by atoms with Crippen LogP contribution >= 0.6 is 27.5 Å². The molecule has 10 nitrogen and oxygen atoms in total. The Balaban J connectivity index is 1.84. The number of aliphatic hydroxyl groups excluding tert-OH is 3. The second kappa shape index (κ2) is 7.81. The maximum Gasteiger partial charge on any atom is 0.397 e. The van der Waals surface area contributed by atoms with Crippen LogP contribution in [0.4, 0.5) is 0 Å². The predicted molar refractivity (Wildman–Crippen MR) is 95.8 cm³/mol. The van der Waals surface area contributed by atoms with Crippen molar-refractivity contribution in [1.82, 2.24) is 4.98 Å². The molecule has 1 fully saturated rings. The predicted octanol–water partition coefficient (Wildman–Crippen LogP) is 0.590. The molecule has 2 heterocycles. The summed E-state index contributed by atoms with van der Waals surface area (Å²) in [7, 11) is -4.79. The zero-order valence-electron chi connectivity index (χ0n) is 13.3. The monoisotopic (exact) mass is 487 g/mol. The van der Waals surface area contributed by atoms with E-state index < -0.39 is 47.7 Å². The third-order valence-electron chi connectivity index (χ3n) is 3.99. The van der Waals surface area contributed by atoms with Crippen LogP contribution < -0.4 is 4.74 Å². The zero-order valence-corrected chi connectivity index (χ0v) is 16.5. The lowest BCUT2D eigenvalue weighted by Gasteiger charge is -2.39. The van der Waals surface area contributed by atoms with Gasteiger partial charge in [-0.25, -0.2) is 4.18 Å². The number of H-pyrrole nitrogens is 1. The highest BCUT2D eigenvalue weighted by molar-refractivity contribution is 9.10. The van der Waals surface area contributed by atoms with Gasteiger partial charge in [0.1, 0.15) is 30.2 Å². The van der Waals surface area contributed by atoms with Crippen molar-refractivity contribution in [2.75, 3.05) is 6.61 Å². The Morgan fingerprint density at radius 1 is 1.22 bits per heavy atom. The minimum atomic E-state index is -4.79. The summed E-state index contributed by atoms with van der Waals surface area (Å²) in [5.41, 5.74) is 0.635. The summed E-state index contributed by atoms with van der Waals surface area (Å²) >= 11 is 9.54. The van der Waals surface area contributed by atoms with Crippen molar-refractivity contribution >= 4 is 48.8 Å². The van der Waals surface area contributed by atoms with Crippen LogP contribution in [0.1, 0.15) is 0 Å². The van der Waals surface area contributed by atoms with Gasteiger partial charge < -0.3 is 29.8 Å². The lowest BCUT2D eigenvalue weighted by molar-refractivity contribution is -0.276. The number of halogens is 2. The Hall–Kier alpha value is -0.960. The average Bonchev–Trinajstić information content (AvgIpc) is 3.00. The summed E-state index contributed by atoms with van der Waals surface area (Å²) in [5, 5.41) is 30.9. The zero-order chi connectivity index (χ0) is 19.9. The molecule has 0 amide bonds. The second-order valence-corrected chi connectivity index (χ2v) is 8.11. The number of nitrogens with one attached hydrogen (secondary N) is 1. The highest BCUT2D eigenvalue weighted by Crippen LogP contribution is 2.38. The van der Waals surface area contributed by atoms with Gasteiger partial charge in [-0.3, -0.25) is 4.55 Å². The number of hydrogen-bond donors (Lipinski definition) is 5. The molecule has 1 aromatic heterocycles. The lowest BCUT2D eigenvalue weighted by Crippen LogP contribution is -2.60. The van der Waals surface area contributed by atoms with Gasteiger partial charge in [0, 0.05) is 10.7 Å². The van der Waals surface area contributed by atoms with E-state index in [1.165, 1.54) is 6.20 Å². The number of benzene rings is 1. The summed E-state index contributed by atoms with van der Waals surface area (Å²) < 4.78 is 45.7. The molecule has 27 heavy (non-hydrogen) atoms. The number of aromatic nitrogens is 1. The molecule has 0 bridgehead atoms. The van der Waals surface area contributed by atoms with E-state index in [9.17, 15) is 23.7 Å². The molecule has 0 spiro atoms. The third kappa shape index (κ3) is 4.39. The molecule has 5 atom stereocenters. The molecule has 1 aromatic carbocycles. The summed E-state index contributed by atoms with van der Waals surface area (Å²) in [5.74, 6) is 0.193. The van der Waals surface area contributed by atoms with Gasteiger partial charge in [-0.1, -0.05) is 11.6 Å². The fraction of sp³-hybridized carbons (Fsp3) is 0.429. The number of ether oxygens (including phenoxy) is 2. The molecule has 1 aliphatic heterocycles. The van der Waals surface area contributed by atoms with Crippen LogP contribution in [0.5, 0.6) is 5.75 Å². The minimum Gasteiger partial charge on any atom is -0.460 e. The molecule has 2 aromatic rings. The van der Waals surface area contributed by atoms with E-state index in [2.05, 4.69) is 25.1 Å². The smallest absolute Gasteiger partial charge is 0.397 e. The molecule has 3 rings (SSSR count). The number of aliphatic hydroxyl groups is 3. The number of fused-ring (bicyclic) bond motifs is 1. The summed E-state index contributed by atoms with van der Waals surface area (Å²) in [4.78, 5) is 2.92. The third-order valence-corrected chi connectivity index (χ3v) is 5.71. The molecule has 150 valence electrons. The average molecular weight is 489 g/mol. The molecule has 0 aliphatic carbocycles. The maximum atomic E-state index is 10.7. The van der Waals surface area contributed by atoms with E-state index in [-0.39, 0.29) is 5.75 Å². The summed E-state index contributed by atoms with van der Waals surface area (Å²) in [6, 6.07) is 3.46. The molecule has 5 N–H and O–H groups in total. The van der Waals surface area contributed by atoms with Gasteiger partial charge in [-0.2, -0.15) is 8.42 Å². The Morgan fingerprint density at radius 3 is 2.59 bits per heavy atom. The van der Waals surface area contributed by atoms with Gasteiger partial charge in [0.2, 0.25) is 6.29 Å². The molecular weight excluding hydrogens is 474 g/mol. The van der Waals surface area contributed by atoms with Crippen molar-refractivity contribution in [2.45, 2.75) is 30.7 Å². The molecule has 13 heteroatoms. The summed E-state index contributed by atoms with van der Waals surface area (Å²) in [6.45, 7) is -0.802. The quantitative estimate of drug-likeness (QED) is 0.380. The van der Waals surface area contributed by atoms with Gasteiger partial charge in [-0.05, 0) is 28.1 Å². The second-order valence-electron chi connectivity index (χ2n) is 5.78. The number of aromatic amines is 1. The molecule has 1 aliphatic rings. The fourth-order valence-electron chi connectivity index (χ4n) is 2.65. The first-order valence-electron chi connectivity index (χ1n) is 7.51. The van der Waals surface area contributed by atoms with E-state index >= 15 is 0 Å². The molecular formula is C14H15BrClNO9S. The Kier molecular flexibility index (Phi) is 6.01. The molecule has 0 radical (unpaired) electrons. The van der Waals surface area contributed by atoms with Crippen molar-refractivity contribution in [1.29, 1.82) is 0 Å². The minimum absolute atomic E-state index is 0.193. The van der Waals surface area contributed by atoms with E-state index in [0.717, 1.165) is 0 Å². The maximum absolute atomic E-state index is 10.7. The standard InChI is InChI=1S/C14H15BrClNO9S/c15-5-1-2-6-9(10(5)16)7(3-17-6)25-14-13(20)12(19)11(18)8(26-14)4-24-27(21,22)23/h1-3,8,11-14,17-20H,4H2,(H,21,22,23). The van der Waals surface area contributed by atoms with Crippen molar-refractivity contribution in [3.8, 4) is 5.75 Å². The largest absolute Gasteiger partial charge is 0.460 e. The van der Waals surface area contributed by atoms with Crippen LogP contribution in [0.25, 0.3) is 10.9 Å². The lowest BCUT2D eigenvalue weighted by atomic mass is 9.99. The van der Waals surface area contributed by atoms with Crippen LogP contribution in [0.15, 0.2) is 22.8 Å². The highest BCUT2D eigenvalue weighted by atomic mass is 79.9. The van der Waals surface area contributed by atoms with Gasteiger partial charge >= 0.3 is 10.4 Å². The van der Waals surface area contributed by atoms with E-state index in [1.54, 1.807) is 12.1 Å². The van der Waals surface area contributed by atoms with E-state index in [0.29, 0.717) is 20.4 Å². The van der Waals surface area contributed by atoms with Gasteiger partial charge in [0.15, 0.2) is 0 Å². The topological polar surface area (TPSA) is 159 Å². The van der Waals surface area contributed by atoms with Crippen molar-refractivity contribution in [2.24, 2.45) is 0 Å². The van der Waals surface area contributed by atoms with Crippen LogP contribution in [0, 0.1) is 0 Å². The van der Waals surface area contributed by atoms with Crippen LogP contribution in [-0.2, 0) is 19.3 Å². The van der Waals surface area contributed by atoms with Gasteiger partial charge in [-0.15, -0.1) is 0 Å². The SMILES string of the molecule is O=S(=O)(O)OCC1OC(Oc2c[nH]c3ccc(Br)c(Cl)c23)C(O)C(O)C1O. The Bertz CT molecular complexity index is 936. The first-order valence-corrected chi connectivity index (χ1v) is 10.1. The fourth-order valence-corrected chi connectivity index (χ4v) is 3.54. The number of rotatable bonds is 5. The van der Waals surface area contributed by atoms with Crippen molar-refractivity contribution in [3.05, 3.63) is 27.8 Å². The summed E-state index contributed by atoms with van der Waals surface area (Å²) in [6.07, 6.45) is -6.47. The highest BCUT2D eigenvalue weighted by Gasteiger charge is 2.45. The van der Waals surface area contributed by atoms with Crippen molar-refractivity contribution in [3.63, 3.8) is 0 Å². The normalized spacial score (nSPS) is 29.2. The van der Waals surface area contributed by atoms with Crippen LogP contribution in [0.3, 0.4) is 0 Å². The molecule has 5 unspecified atom stereocenters. The first kappa shape index (κ1) is 20.8. The van der Waals surface area contributed by atoms with Crippen LogP contribution in [-0.4, -0.2) is 70.6 Å².